The van der Waals surface area contributed by atoms with E-state index in [1.165, 1.54) is 36.7 Å². The Morgan fingerprint density at radius 1 is 1.13 bits per heavy atom. The third kappa shape index (κ3) is 4.84. The van der Waals surface area contributed by atoms with Crippen LogP contribution in [0.15, 0.2) is 71.4 Å². The molecule has 0 atom stereocenters. The molecule has 0 aliphatic carbocycles. The van der Waals surface area contributed by atoms with Gasteiger partial charge in [-0.3, -0.25) is 10.1 Å². The molecule has 1 N–H and O–H groups in total. The van der Waals surface area contributed by atoms with E-state index >= 15 is 0 Å². The molecule has 0 unspecified atom stereocenters. The van der Waals surface area contributed by atoms with Gasteiger partial charge in [-0.2, -0.15) is 0 Å². The standard InChI is InChI=1S/C21H16ClFN4O3/c22-18-4-2-1-3-14(18)11-27-13-24-21(26-27)25-20(28)19-10-9-17(30-19)12-29-16-7-5-15(23)6-8-16/h1-10,13H,11-12H2,(H,25,26,28). The summed E-state index contributed by atoms with van der Waals surface area (Å²) < 4.78 is 25.5. The lowest BCUT2D eigenvalue weighted by Crippen LogP contribution is -2.12. The van der Waals surface area contributed by atoms with Crippen LogP contribution in [0.5, 0.6) is 5.75 Å². The molecule has 2 aromatic heterocycles. The van der Waals surface area contributed by atoms with E-state index in [1.807, 2.05) is 18.2 Å². The third-order valence-corrected chi connectivity index (χ3v) is 4.50. The van der Waals surface area contributed by atoms with Crippen LogP contribution in [0.1, 0.15) is 21.9 Å². The van der Waals surface area contributed by atoms with Crippen LogP contribution in [-0.4, -0.2) is 20.7 Å². The molecule has 0 saturated carbocycles. The van der Waals surface area contributed by atoms with Gasteiger partial charge >= 0.3 is 0 Å². The highest BCUT2D eigenvalue weighted by molar-refractivity contribution is 6.31. The highest BCUT2D eigenvalue weighted by Gasteiger charge is 2.14. The maximum Gasteiger partial charge on any atom is 0.293 e. The maximum absolute atomic E-state index is 12.9. The summed E-state index contributed by atoms with van der Waals surface area (Å²) in [5.41, 5.74) is 0.888. The fraction of sp³-hybridized carbons (Fsp3) is 0.0952. The second-order valence-electron chi connectivity index (χ2n) is 6.32. The number of halogens is 2. The van der Waals surface area contributed by atoms with Gasteiger partial charge in [0.25, 0.3) is 5.91 Å². The zero-order valence-electron chi connectivity index (χ0n) is 15.6. The van der Waals surface area contributed by atoms with Crippen molar-refractivity contribution in [1.29, 1.82) is 0 Å². The minimum absolute atomic E-state index is 0.0927. The topological polar surface area (TPSA) is 82.2 Å². The number of hydrogen-bond donors (Lipinski definition) is 1. The SMILES string of the molecule is O=C(Nc1ncn(Cc2ccccc2Cl)n1)c1ccc(COc2ccc(F)cc2)o1. The number of nitrogens with zero attached hydrogens (tertiary/aromatic N) is 3. The molecule has 4 aromatic rings. The van der Waals surface area contributed by atoms with Crippen molar-refractivity contribution in [2.75, 3.05) is 5.32 Å². The molecular formula is C21H16ClFN4O3. The van der Waals surface area contributed by atoms with Crippen LogP contribution in [0.4, 0.5) is 10.3 Å². The van der Waals surface area contributed by atoms with Gasteiger partial charge in [-0.05, 0) is 48.0 Å². The molecule has 9 heteroatoms. The molecule has 2 aromatic carbocycles. The summed E-state index contributed by atoms with van der Waals surface area (Å²) in [7, 11) is 0. The minimum Gasteiger partial charge on any atom is -0.486 e. The number of benzene rings is 2. The quantitative estimate of drug-likeness (QED) is 0.469. The molecule has 0 saturated heterocycles. The van der Waals surface area contributed by atoms with Gasteiger partial charge < -0.3 is 9.15 Å². The van der Waals surface area contributed by atoms with E-state index in [4.69, 9.17) is 20.8 Å². The molecular weight excluding hydrogens is 411 g/mol. The van der Waals surface area contributed by atoms with Crippen molar-refractivity contribution in [2.45, 2.75) is 13.2 Å². The molecule has 1 amide bonds. The van der Waals surface area contributed by atoms with E-state index < -0.39 is 5.91 Å². The number of rotatable bonds is 7. The number of aromatic nitrogens is 3. The third-order valence-electron chi connectivity index (χ3n) is 4.13. The summed E-state index contributed by atoms with van der Waals surface area (Å²) in [6, 6.07) is 16.2. The molecule has 4 rings (SSSR count). The molecule has 0 aliphatic rings. The molecule has 152 valence electrons. The largest absolute Gasteiger partial charge is 0.486 e. The van der Waals surface area contributed by atoms with E-state index in [0.717, 1.165) is 5.56 Å². The molecule has 0 fully saturated rings. The van der Waals surface area contributed by atoms with Crippen molar-refractivity contribution in [3.8, 4) is 5.75 Å². The predicted molar refractivity (Wildman–Crippen MR) is 108 cm³/mol. The van der Waals surface area contributed by atoms with Gasteiger partial charge in [0.2, 0.25) is 5.95 Å². The lowest BCUT2D eigenvalue weighted by Gasteiger charge is -2.04. The minimum atomic E-state index is -0.487. The van der Waals surface area contributed by atoms with Crippen LogP contribution in [0.25, 0.3) is 0 Å². The fourth-order valence-electron chi connectivity index (χ4n) is 2.66. The molecule has 0 bridgehead atoms. The van der Waals surface area contributed by atoms with Crippen LogP contribution < -0.4 is 10.1 Å². The van der Waals surface area contributed by atoms with Crippen molar-refractivity contribution >= 4 is 23.5 Å². The Balaban J connectivity index is 1.34. The number of anilines is 1. The van der Waals surface area contributed by atoms with Gasteiger partial charge in [0, 0.05) is 5.02 Å². The number of ether oxygens (including phenoxy) is 1. The van der Waals surface area contributed by atoms with Gasteiger partial charge in [-0.25, -0.2) is 14.1 Å². The van der Waals surface area contributed by atoms with Crippen LogP contribution >= 0.6 is 11.6 Å². The first-order valence-electron chi connectivity index (χ1n) is 8.98. The Morgan fingerprint density at radius 3 is 2.73 bits per heavy atom. The normalized spacial score (nSPS) is 10.7. The summed E-state index contributed by atoms with van der Waals surface area (Å²) in [5, 5.41) is 7.43. The molecule has 2 heterocycles. The number of carbonyl (C=O) groups excluding carboxylic acids is 1. The first kappa shape index (κ1) is 19.7. The maximum atomic E-state index is 12.9. The smallest absolute Gasteiger partial charge is 0.293 e. The second-order valence-corrected chi connectivity index (χ2v) is 6.73. The van der Waals surface area contributed by atoms with E-state index in [0.29, 0.717) is 23.1 Å². The first-order chi connectivity index (χ1) is 14.6. The molecule has 30 heavy (non-hydrogen) atoms. The highest BCUT2D eigenvalue weighted by Crippen LogP contribution is 2.17. The van der Waals surface area contributed by atoms with Gasteiger partial charge in [0.05, 0.1) is 6.54 Å². The van der Waals surface area contributed by atoms with Crippen molar-refractivity contribution in [2.24, 2.45) is 0 Å². The number of amides is 1. The van der Waals surface area contributed by atoms with Crippen LogP contribution in [0.2, 0.25) is 5.02 Å². The zero-order valence-corrected chi connectivity index (χ0v) is 16.3. The van der Waals surface area contributed by atoms with E-state index in [9.17, 15) is 9.18 Å². The summed E-state index contributed by atoms with van der Waals surface area (Å²) in [4.78, 5) is 16.4. The Bertz CT molecular complexity index is 1160. The average molecular weight is 427 g/mol. The van der Waals surface area contributed by atoms with Crippen molar-refractivity contribution in [3.05, 3.63) is 94.9 Å². The number of furan rings is 1. The molecule has 0 radical (unpaired) electrons. The van der Waals surface area contributed by atoms with E-state index in [-0.39, 0.29) is 24.1 Å². The summed E-state index contributed by atoms with van der Waals surface area (Å²) in [5.74, 6) is 0.345. The Labute approximate surface area is 176 Å². The van der Waals surface area contributed by atoms with Gasteiger partial charge in [0.1, 0.15) is 30.3 Å². The van der Waals surface area contributed by atoms with Gasteiger partial charge in [0.15, 0.2) is 5.76 Å². The van der Waals surface area contributed by atoms with Crippen molar-refractivity contribution < 1.29 is 18.3 Å². The molecule has 0 spiro atoms. The number of nitrogens with one attached hydrogen (secondary N) is 1. The van der Waals surface area contributed by atoms with Crippen LogP contribution in [0.3, 0.4) is 0 Å². The van der Waals surface area contributed by atoms with Gasteiger partial charge in [-0.1, -0.05) is 29.8 Å². The second kappa shape index (κ2) is 8.79. The van der Waals surface area contributed by atoms with Crippen LogP contribution in [-0.2, 0) is 13.2 Å². The van der Waals surface area contributed by atoms with Gasteiger partial charge in [-0.15, -0.1) is 5.10 Å². The lowest BCUT2D eigenvalue weighted by atomic mass is 10.2. The highest BCUT2D eigenvalue weighted by atomic mass is 35.5. The Morgan fingerprint density at radius 2 is 1.93 bits per heavy atom. The fourth-order valence-corrected chi connectivity index (χ4v) is 2.85. The molecule has 0 aliphatic heterocycles. The number of hydrogen-bond acceptors (Lipinski definition) is 5. The van der Waals surface area contributed by atoms with E-state index in [2.05, 4.69) is 15.4 Å². The monoisotopic (exact) mass is 426 g/mol. The summed E-state index contributed by atoms with van der Waals surface area (Å²) in [6.07, 6.45) is 1.50. The van der Waals surface area contributed by atoms with E-state index in [1.54, 1.807) is 16.8 Å². The predicted octanol–water partition coefficient (Wildman–Crippen LogP) is 4.54. The summed E-state index contributed by atoms with van der Waals surface area (Å²) >= 11 is 6.15. The average Bonchev–Trinajstić information content (AvgIpc) is 3.39. The molecule has 7 nitrogen and oxygen atoms in total. The lowest BCUT2D eigenvalue weighted by molar-refractivity contribution is 0.0991. The number of carbonyl (C=O) groups is 1. The summed E-state index contributed by atoms with van der Waals surface area (Å²) in [6.45, 7) is 0.526. The Kier molecular flexibility index (Phi) is 5.76. The van der Waals surface area contributed by atoms with Crippen LogP contribution in [0, 0.1) is 5.82 Å². The van der Waals surface area contributed by atoms with Crippen molar-refractivity contribution in [3.63, 3.8) is 0 Å². The van der Waals surface area contributed by atoms with Crippen molar-refractivity contribution in [1.82, 2.24) is 14.8 Å². The zero-order chi connectivity index (χ0) is 20.9. The Hall–Kier alpha value is -3.65. The first-order valence-corrected chi connectivity index (χ1v) is 9.36.